The largest absolute Gasteiger partial charge is 0.370 e. The zero-order chi connectivity index (χ0) is 21.5. The van der Waals surface area contributed by atoms with Gasteiger partial charge in [0.15, 0.2) is 0 Å². The summed E-state index contributed by atoms with van der Waals surface area (Å²) in [4.78, 5) is 29.2. The molecule has 5 heterocycles. The summed E-state index contributed by atoms with van der Waals surface area (Å²) in [5.41, 5.74) is 2.15. The van der Waals surface area contributed by atoms with Gasteiger partial charge in [-0.25, -0.2) is 0 Å². The second-order valence-corrected chi connectivity index (χ2v) is 9.04. The van der Waals surface area contributed by atoms with Crippen molar-refractivity contribution in [3.05, 3.63) is 24.3 Å². The summed E-state index contributed by atoms with van der Waals surface area (Å²) >= 11 is 0. The summed E-state index contributed by atoms with van der Waals surface area (Å²) in [6.07, 6.45) is 4.82. The van der Waals surface area contributed by atoms with E-state index in [1.54, 1.807) is 0 Å². The molecule has 1 aromatic carbocycles. The van der Waals surface area contributed by atoms with Crippen molar-refractivity contribution in [1.29, 1.82) is 0 Å². The van der Waals surface area contributed by atoms with Crippen LogP contribution in [0.1, 0.15) is 25.7 Å². The van der Waals surface area contributed by atoms with E-state index in [0.29, 0.717) is 26.2 Å². The third kappa shape index (κ3) is 3.99. The van der Waals surface area contributed by atoms with Crippen LogP contribution < -0.4 is 9.80 Å². The SMILES string of the molecule is Cl.O=C1COCCN1CCn1c2ccccc2c2c(N3CCCC3)nc(N3CCCC3)nc21. The number of ether oxygens (including phenoxy) is 1. The number of morpholine rings is 1. The molecule has 0 atom stereocenters. The van der Waals surface area contributed by atoms with Crippen LogP contribution >= 0.6 is 12.4 Å². The molecule has 0 radical (unpaired) electrons. The predicted molar refractivity (Wildman–Crippen MR) is 133 cm³/mol. The van der Waals surface area contributed by atoms with Crippen LogP contribution in [0.15, 0.2) is 24.3 Å². The third-order valence-corrected chi connectivity index (χ3v) is 7.05. The molecule has 3 aromatic rings. The molecule has 3 fully saturated rings. The van der Waals surface area contributed by atoms with Gasteiger partial charge in [-0.15, -0.1) is 12.4 Å². The van der Waals surface area contributed by atoms with Crippen LogP contribution in [0.4, 0.5) is 11.8 Å². The Hall–Kier alpha value is -2.58. The molecule has 0 spiro atoms. The van der Waals surface area contributed by atoms with Crippen molar-refractivity contribution in [2.75, 3.05) is 62.3 Å². The van der Waals surface area contributed by atoms with E-state index in [4.69, 9.17) is 14.7 Å². The number of benzene rings is 1. The van der Waals surface area contributed by atoms with E-state index in [9.17, 15) is 4.79 Å². The molecule has 33 heavy (non-hydrogen) atoms. The summed E-state index contributed by atoms with van der Waals surface area (Å²) in [7, 11) is 0. The van der Waals surface area contributed by atoms with E-state index in [2.05, 4.69) is 38.6 Å². The highest BCUT2D eigenvalue weighted by molar-refractivity contribution is 6.12. The molecule has 176 valence electrons. The van der Waals surface area contributed by atoms with Crippen molar-refractivity contribution in [2.24, 2.45) is 0 Å². The molecule has 3 aliphatic rings. The van der Waals surface area contributed by atoms with E-state index >= 15 is 0 Å². The van der Waals surface area contributed by atoms with Crippen molar-refractivity contribution in [2.45, 2.75) is 32.2 Å². The van der Waals surface area contributed by atoms with E-state index in [-0.39, 0.29) is 24.9 Å². The lowest BCUT2D eigenvalue weighted by Crippen LogP contribution is -2.43. The van der Waals surface area contributed by atoms with Gasteiger partial charge >= 0.3 is 0 Å². The maximum atomic E-state index is 12.3. The van der Waals surface area contributed by atoms with Crippen LogP contribution in [0.5, 0.6) is 0 Å². The molecule has 8 nitrogen and oxygen atoms in total. The normalized spacial score (nSPS) is 19.2. The van der Waals surface area contributed by atoms with Crippen LogP contribution in [-0.4, -0.2) is 77.8 Å². The van der Waals surface area contributed by atoms with Gasteiger partial charge < -0.3 is 24.0 Å². The molecular weight excluding hydrogens is 440 g/mol. The van der Waals surface area contributed by atoms with Crippen molar-refractivity contribution in [3.8, 4) is 0 Å². The first-order valence-corrected chi connectivity index (χ1v) is 11.9. The van der Waals surface area contributed by atoms with Gasteiger partial charge in [0.2, 0.25) is 11.9 Å². The summed E-state index contributed by atoms with van der Waals surface area (Å²) in [5, 5.41) is 2.35. The average Bonchev–Trinajstić information content (AvgIpc) is 3.59. The molecular formula is C24H31ClN6O2. The van der Waals surface area contributed by atoms with Crippen molar-refractivity contribution in [3.63, 3.8) is 0 Å². The number of hydrogen-bond donors (Lipinski definition) is 0. The van der Waals surface area contributed by atoms with Crippen LogP contribution in [0.3, 0.4) is 0 Å². The van der Waals surface area contributed by atoms with Crippen molar-refractivity contribution < 1.29 is 9.53 Å². The monoisotopic (exact) mass is 470 g/mol. The number of aromatic nitrogens is 3. The summed E-state index contributed by atoms with van der Waals surface area (Å²) < 4.78 is 7.61. The molecule has 0 saturated carbocycles. The quantitative estimate of drug-likeness (QED) is 0.571. The van der Waals surface area contributed by atoms with Gasteiger partial charge in [0.05, 0.1) is 17.5 Å². The molecule has 2 aromatic heterocycles. The van der Waals surface area contributed by atoms with E-state index in [0.717, 1.165) is 54.5 Å². The molecule has 0 unspecified atom stereocenters. The van der Waals surface area contributed by atoms with Gasteiger partial charge in [-0.1, -0.05) is 18.2 Å². The second kappa shape index (κ2) is 9.35. The summed E-state index contributed by atoms with van der Waals surface area (Å²) in [5.74, 6) is 2.00. The first-order chi connectivity index (χ1) is 15.8. The fourth-order valence-corrected chi connectivity index (χ4v) is 5.35. The predicted octanol–water partition coefficient (Wildman–Crippen LogP) is 3.07. The molecule has 3 aliphatic heterocycles. The highest BCUT2D eigenvalue weighted by Gasteiger charge is 2.26. The molecule has 0 bridgehead atoms. The molecule has 3 saturated heterocycles. The Morgan fingerprint density at radius 3 is 2.36 bits per heavy atom. The first kappa shape index (κ1) is 22.2. The number of hydrogen-bond acceptors (Lipinski definition) is 6. The maximum Gasteiger partial charge on any atom is 0.248 e. The van der Waals surface area contributed by atoms with E-state index < -0.39 is 0 Å². The van der Waals surface area contributed by atoms with Crippen molar-refractivity contribution >= 4 is 52.0 Å². The Kier molecular flexibility index (Phi) is 6.29. The third-order valence-electron chi connectivity index (χ3n) is 7.05. The molecule has 6 rings (SSSR count). The highest BCUT2D eigenvalue weighted by atomic mass is 35.5. The number of rotatable bonds is 5. The van der Waals surface area contributed by atoms with Crippen molar-refractivity contribution in [1.82, 2.24) is 19.4 Å². The minimum atomic E-state index is 0. The lowest BCUT2D eigenvalue weighted by atomic mass is 10.2. The zero-order valence-electron chi connectivity index (χ0n) is 18.9. The Balaban J connectivity index is 0.00000228. The second-order valence-electron chi connectivity index (χ2n) is 9.04. The Morgan fingerprint density at radius 2 is 1.61 bits per heavy atom. The number of halogens is 1. The maximum absolute atomic E-state index is 12.3. The smallest absolute Gasteiger partial charge is 0.248 e. The van der Waals surface area contributed by atoms with Gasteiger partial charge in [0, 0.05) is 51.2 Å². The number of fused-ring (bicyclic) bond motifs is 3. The summed E-state index contributed by atoms with van der Waals surface area (Å²) in [6.45, 7) is 6.97. The van der Waals surface area contributed by atoms with Gasteiger partial charge in [-0.05, 0) is 31.7 Å². The number of para-hydroxylation sites is 1. The van der Waals surface area contributed by atoms with E-state index in [1.165, 1.54) is 31.1 Å². The fraction of sp³-hybridized carbons (Fsp3) is 0.542. The topological polar surface area (TPSA) is 66.7 Å². The number of anilines is 2. The zero-order valence-corrected chi connectivity index (χ0v) is 19.7. The number of nitrogens with zero attached hydrogens (tertiary/aromatic N) is 6. The average molecular weight is 471 g/mol. The Bertz CT molecular complexity index is 1150. The lowest BCUT2D eigenvalue weighted by molar-refractivity contribution is -0.142. The van der Waals surface area contributed by atoms with Crippen LogP contribution in [0, 0.1) is 0 Å². The molecule has 0 N–H and O–H groups in total. The van der Waals surface area contributed by atoms with Crippen LogP contribution in [0.25, 0.3) is 21.9 Å². The lowest BCUT2D eigenvalue weighted by Gasteiger charge is -2.27. The minimum absolute atomic E-state index is 0. The number of carbonyl (C=O) groups excluding carboxylic acids is 1. The standard InChI is InChI=1S/C24H30N6O2.ClH/c31-20-17-32-16-15-27(20)13-14-30-19-8-2-1-7-18(19)21-22(28-9-3-4-10-28)25-24(26-23(21)30)29-11-5-6-12-29;/h1-2,7-8H,3-6,9-17H2;1H. The fourth-order valence-electron chi connectivity index (χ4n) is 5.35. The van der Waals surface area contributed by atoms with Crippen LogP contribution in [-0.2, 0) is 16.1 Å². The minimum Gasteiger partial charge on any atom is -0.370 e. The highest BCUT2D eigenvalue weighted by Crippen LogP contribution is 2.37. The Labute approximate surface area is 199 Å². The Morgan fingerprint density at radius 1 is 0.879 bits per heavy atom. The van der Waals surface area contributed by atoms with Gasteiger partial charge in [-0.3, -0.25) is 4.79 Å². The summed E-state index contributed by atoms with van der Waals surface area (Å²) in [6, 6.07) is 8.54. The molecule has 1 amide bonds. The molecule has 0 aliphatic carbocycles. The van der Waals surface area contributed by atoms with Gasteiger partial charge in [-0.2, -0.15) is 9.97 Å². The number of carbonyl (C=O) groups is 1. The van der Waals surface area contributed by atoms with Gasteiger partial charge in [0.25, 0.3) is 0 Å². The van der Waals surface area contributed by atoms with Gasteiger partial charge in [0.1, 0.15) is 18.1 Å². The number of amides is 1. The van der Waals surface area contributed by atoms with E-state index in [1.807, 2.05) is 4.90 Å². The first-order valence-electron chi connectivity index (χ1n) is 11.9. The molecule has 9 heteroatoms. The van der Waals surface area contributed by atoms with Crippen LogP contribution in [0.2, 0.25) is 0 Å².